The number of ether oxygens (including phenoxy) is 3. The van der Waals surface area contributed by atoms with E-state index in [2.05, 4.69) is 4.98 Å². The number of likely N-dealkylation sites (N-methyl/N-ethyl adjacent to an activating group) is 1. The highest BCUT2D eigenvalue weighted by Crippen LogP contribution is 2.21. The summed E-state index contributed by atoms with van der Waals surface area (Å²) in [5.74, 6) is -0.671. The number of fused-ring (bicyclic) bond motifs is 1. The van der Waals surface area contributed by atoms with Gasteiger partial charge in [0.15, 0.2) is 5.58 Å². The fourth-order valence-electron chi connectivity index (χ4n) is 3.35. The van der Waals surface area contributed by atoms with Gasteiger partial charge < -0.3 is 23.5 Å². The average molecular weight is 455 g/mol. The summed E-state index contributed by atoms with van der Waals surface area (Å²) >= 11 is 0. The Hall–Kier alpha value is -3.55. The lowest BCUT2D eigenvalue weighted by Crippen LogP contribution is -2.24. The number of carbonyl (C=O) groups is 2. The van der Waals surface area contributed by atoms with Crippen LogP contribution in [0.15, 0.2) is 52.9 Å². The van der Waals surface area contributed by atoms with E-state index in [4.69, 9.17) is 18.6 Å². The molecule has 1 aromatic heterocycles. The Balaban J connectivity index is 1.51. The number of hydrogen-bond donors (Lipinski definition) is 0. The molecule has 1 atom stereocenters. The lowest BCUT2D eigenvalue weighted by molar-refractivity contribution is -0.154. The summed E-state index contributed by atoms with van der Waals surface area (Å²) in [7, 11) is 1.90. The third-order valence-electron chi connectivity index (χ3n) is 5.05. The first kappa shape index (κ1) is 24.1. The van der Waals surface area contributed by atoms with E-state index < -0.39 is 17.9 Å². The van der Waals surface area contributed by atoms with E-state index in [1.807, 2.05) is 60.5 Å². The second-order valence-electron chi connectivity index (χ2n) is 7.54. The molecule has 0 aliphatic carbocycles. The largest absolute Gasteiger partial charge is 0.492 e. The van der Waals surface area contributed by atoms with Crippen LogP contribution in [0.25, 0.3) is 11.1 Å². The number of hydrogen-bond acceptors (Lipinski definition) is 8. The highest BCUT2D eigenvalue weighted by atomic mass is 16.5. The molecule has 8 nitrogen and oxygen atoms in total. The molecule has 3 rings (SSSR count). The molecule has 1 heterocycles. The Kier molecular flexibility index (Phi) is 8.69. The predicted octanol–water partition coefficient (Wildman–Crippen LogP) is 4.02. The van der Waals surface area contributed by atoms with Crippen LogP contribution in [0.3, 0.4) is 0 Å². The zero-order valence-electron chi connectivity index (χ0n) is 19.3. The number of nitrogens with zero attached hydrogens (tertiary/aromatic N) is 2. The summed E-state index contributed by atoms with van der Waals surface area (Å²) in [5.41, 5.74) is 2.48. The molecule has 0 fully saturated rings. The van der Waals surface area contributed by atoms with E-state index in [1.165, 1.54) is 0 Å². The van der Waals surface area contributed by atoms with Crippen molar-refractivity contribution < 1.29 is 28.2 Å². The normalized spacial score (nSPS) is 11.7. The summed E-state index contributed by atoms with van der Waals surface area (Å²) in [6, 6.07) is 15.6. The van der Waals surface area contributed by atoms with Crippen molar-refractivity contribution in [3.63, 3.8) is 0 Å². The Labute approximate surface area is 193 Å². The van der Waals surface area contributed by atoms with Gasteiger partial charge in [-0.3, -0.25) is 9.59 Å². The molecule has 33 heavy (non-hydrogen) atoms. The minimum atomic E-state index is -0.583. The van der Waals surface area contributed by atoms with E-state index in [-0.39, 0.29) is 19.6 Å². The molecular formula is C25H30N2O6. The van der Waals surface area contributed by atoms with E-state index in [0.29, 0.717) is 31.3 Å². The lowest BCUT2D eigenvalue weighted by Gasteiger charge is -2.16. The fourth-order valence-corrected chi connectivity index (χ4v) is 3.35. The first-order valence-electron chi connectivity index (χ1n) is 11.1. The van der Waals surface area contributed by atoms with E-state index >= 15 is 0 Å². The first-order valence-corrected chi connectivity index (χ1v) is 11.1. The van der Waals surface area contributed by atoms with E-state index in [1.54, 1.807) is 13.8 Å². The van der Waals surface area contributed by atoms with Gasteiger partial charge in [0.25, 0.3) is 6.01 Å². The standard InChI is InChI=1S/C25H30N2O6/c1-4-30-23(28)17-19(24(29)31-5-2)16-18-10-12-20(13-11-18)32-15-14-27(3)25-26-21-8-6-7-9-22(21)33-25/h6-13,19H,4-5,14-17H2,1-3H3. The van der Waals surface area contributed by atoms with E-state index in [9.17, 15) is 9.59 Å². The summed E-state index contributed by atoms with van der Waals surface area (Å²) in [5, 5.41) is 0. The van der Waals surface area contributed by atoms with Crippen molar-refractivity contribution in [2.45, 2.75) is 26.7 Å². The molecule has 1 unspecified atom stereocenters. The van der Waals surface area contributed by atoms with Gasteiger partial charge in [-0.25, -0.2) is 0 Å². The van der Waals surface area contributed by atoms with Crippen molar-refractivity contribution in [3.05, 3.63) is 54.1 Å². The van der Waals surface area contributed by atoms with Gasteiger partial charge in [0.1, 0.15) is 17.9 Å². The van der Waals surface area contributed by atoms with Gasteiger partial charge in [0.2, 0.25) is 0 Å². The average Bonchev–Trinajstić information content (AvgIpc) is 3.24. The second-order valence-corrected chi connectivity index (χ2v) is 7.54. The third kappa shape index (κ3) is 6.97. The predicted molar refractivity (Wildman–Crippen MR) is 124 cm³/mol. The lowest BCUT2D eigenvalue weighted by atomic mass is 9.96. The monoisotopic (exact) mass is 454 g/mol. The van der Waals surface area contributed by atoms with Gasteiger partial charge in [0, 0.05) is 7.05 Å². The second kappa shape index (κ2) is 11.9. The van der Waals surface area contributed by atoms with Gasteiger partial charge in [-0.15, -0.1) is 0 Å². The molecular weight excluding hydrogens is 424 g/mol. The molecule has 0 radical (unpaired) electrons. The maximum absolute atomic E-state index is 12.3. The van der Waals surface area contributed by atoms with Gasteiger partial charge in [-0.1, -0.05) is 24.3 Å². The van der Waals surface area contributed by atoms with Crippen molar-refractivity contribution >= 4 is 29.1 Å². The van der Waals surface area contributed by atoms with Gasteiger partial charge >= 0.3 is 11.9 Å². The minimum absolute atomic E-state index is 0.00686. The van der Waals surface area contributed by atoms with Gasteiger partial charge in [-0.05, 0) is 50.1 Å². The van der Waals surface area contributed by atoms with Crippen LogP contribution >= 0.6 is 0 Å². The summed E-state index contributed by atoms with van der Waals surface area (Å²) in [6.45, 7) is 5.07. The molecule has 0 saturated heterocycles. The molecule has 0 N–H and O–H groups in total. The molecule has 0 aliphatic rings. The van der Waals surface area contributed by atoms with Gasteiger partial charge in [0.05, 0.1) is 32.1 Å². The summed E-state index contributed by atoms with van der Waals surface area (Å²) in [6.07, 6.45) is 0.380. The van der Waals surface area contributed by atoms with Crippen molar-refractivity contribution in [1.82, 2.24) is 4.98 Å². The van der Waals surface area contributed by atoms with Crippen LogP contribution in [0.5, 0.6) is 5.75 Å². The van der Waals surface area contributed by atoms with Crippen molar-refractivity contribution in [2.24, 2.45) is 5.92 Å². The van der Waals surface area contributed by atoms with Crippen molar-refractivity contribution in [2.75, 3.05) is 38.3 Å². The summed E-state index contributed by atoms with van der Waals surface area (Å²) < 4.78 is 21.7. The molecule has 176 valence electrons. The highest BCUT2D eigenvalue weighted by Gasteiger charge is 2.24. The maximum atomic E-state index is 12.3. The number of aromatic nitrogens is 1. The zero-order valence-corrected chi connectivity index (χ0v) is 19.3. The van der Waals surface area contributed by atoms with Crippen LogP contribution in [-0.2, 0) is 25.5 Å². The molecule has 0 aliphatic heterocycles. The highest BCUT2D eigenvalue weighted by molar-refractivity contribution is 5.80. The third-order valence-corrected chi connectivity index (χ3v) is 5.05. The number of esters is 2. The molecule has 0 bridgehead atoms. The van der Waals surface area contributed by atoms with Crippen LogP contribution < -0.4 is 9.64 Å². The number of carbonyl (C=O) groups excluding carboxylic acids is 2. The summed E-state index contributed by atoms with van der Waals surface area (Å²) in [4.78, 5) is 30.5. The molecule has 0 spiro atoms. The SMILES string of the molecule is CCOC(=O)CC(Cc1ccc(OCCN(C)c2nc3ccccc3o2)cc1)C(=O)OCC. The van der Waals surface area contributed by atoms with Crippen LogP contribution in [0.4, 0.5) is 6.01 Å². The smallest absolute Gasteiger partial charge is 0.309 e. The molecule has 0 amide bonds. The van der Waals surface area contributed by atoms with Crippen LogP contribution in [0, 0.1) is 5.92 Å². The van der Waals surface area contributed by atoms with Gasteiger partial charge in [-0.2, -0.15) is 4.98 Å². The Morgan fingerprint density at radius 3 is 2.45 bits per heavy atom. The van der Waals surface area contributed by atoms with Crippen LogP contribution in [0.1, 0.15) is 25.8 Å². The topological polar surface area (TPSA) is 91.1 Å². The number of para-hydroxylation sites is 2. The molecule has 3 aromatic rings. The zero-order chi connectivity index (χ0) is 23.6. The number of rotatable bonds is 12. The Morgan fingerprint density at radius 2 is 1.76 bits per heavy atom. The van der Waals surface area contributed by atoms with Crippen molar-refractivity contribution in [3.8, 4) is 5.75 Å². The number of oxazole rings is 1. The Morgan fingerprint density at radius 1 is 1.03 bits per heavy atom. The first-order chi connectivity index (χ1) is 16.0. The quantitative estimate of drug-likeness (QED) is 0.379. The van der Waals surface area contributed by atoms with Crippen LogP contribution in [0.2, 0.25) is 0 Å². The minimum Gasteiger partial charge on any atom is -0.492 e. The Bertz CT molecular complexity index is 1010. The number of anilines is 1. The maximum Gasteiger partial charge on any atom is 0.309 e. The van der Waals surface area contributed by atoms with Crippen LogP contribution in [-0.4, -0.2) is 50.3 Å². The molecule has 8 heteroatoms. The van der Waals surface area contributed by atoms with Crippen molar-refractivity contribution in [1.29, 1.82) is 0 Å². The fraction of sp³-hybridized carbons (Fsp3) is 0.400. The van der Waals surface area contributed by atoms with E-state index in [0.717, 1.165) is 16.7 Å². The molecule has 0 saturated carbocycles. The molecule has 2 aromatic carbocycles. The number of benzene rings is 2.